The van der Waals surface area contributed by atoms with Crippen molar-refractivity contribution < 1.29 is 9.53 Å². The van der Waals surface area contributed by atoms with E-state index in [-0.39, 0.29) is 23.8 Å². The summed E-state index contributed by atoms with van der Waals surface area (Å²) in [6.07, 6.45) is 2.12. The maximum atomic E-state index is 10.7. The molecular formula is C9H12N2O2. The zero-order valence-electron chi connectivity index (χ0n) is 7.70. The Labute approximate surface area is 77.2 Å². The summed E-state index contributed by atoms with van der Waals surface area (Å²) < 4.78 is 5.18. The monoisotopic (exact) mass is 180 g/mol. The fraction of sp³-hybridized carbons (Fsp3) is 0.556. The summed E-state index contributed by atoms with van der Waals surface area (Å²) in [4.78, 5) is 10.7. The fourth-order valence-corrected chi connectivity index (χ4v) is 1.28. The van der Waals surface area contributed by atoms with Gasteiger partial charge < -0.3 is 10.1 Å². The molecule has 0 aliphatic carbocycles. The van der Waals surface area contributed by atoms with Crippen LogP contribution in [0.25, 0.3) is 0 Å². The number of carbonyl (C=O) groups is 1. The molecule has 0 aromatic rings. The first kappa shape index (κ1) is 9.59. The minimum absolute atomic E-state index is 0.142. The third-order valence-electron chi connectivity index (χ3n) is 1.77. The van der Waals surface area contributed by atoms with Gasteiger partial charge in [0.05, 0.1) is 0 Å². The fourth-order valence-electron chi connectivity index (χ4n) is 1.28. The van der Waals surface area contributed by atoms with Crippen LogP contribution in [0.15, 0.2) is 11.8 Å². The zero-order chi connectivity index (χ0) is 9.84. The summed E-state index contributed by atoms with van der Waals surface area (Å²) in [6.45, 7) is 3.41. The Kier molecular flexibility index (Phi) is 2.91. The molecule has 0 radical (unpaired) electrons. The summed E-state index contributed by atoms with van der Waals surface area (Å²) in [5, 5.41) is 11.2. The molecule has 1 N–H and O–H groups in total. The molecule has 0 saturated heterocycles. The molecule has 1 rings (SSSR count). The van der Waals surface area contributed by atoms with E-state index in [4.69, 9.17) is 10.00 Å². The molecule has 70 valence electrons. The lowest BCUT2D eigenvalue weighted by atomic mass is 10.0. The average molecular weight is 180 g/mol. The molecule has 1 amide bonds. The van der Waals surface area contributed by atoms with Gasteiger partial charge in [0.2, 0.25) is 5.91 Å². The molecule has 4 heteroatoms. The first-order valence-electron chi connectivity index (χ1n) is 4.17. The molecule has 0 fully saturated rings. The van der Waals surface area contributed by atoms with Gasteiger partial charge in [-0.1, -0.05) is 6.92 Å². The summed E-state index contributed by atoms with van der Waals surface area (Å²) in [6, 6.07) is 1.93. The van der Waals surface area contributed by atoms with Crippen LogP contribution in [0.4, 0.5) is 0 Å². The van der Waals surface area contributed by atoms with Crippen LogP contribution < -0.4 is 5.32 Å². The van der Waals surface area contributed by atoms with Gasteiger partial charge in [0.1, 0.15) is 6.07 Å². The quantitative estimate of drug-likeness (QED) is 0.652. The molecule has 0 aromatic heterocycles. The summed E-state index contributed by atoms with van der Waals surface area (Å²) in [7, 11) is 0. The second kappa shape index (κ2) is 3.94. The Hall–Kier alpha value is -1.50. The largest absolute Gasteiger partial charge is 0.461 e. The van der Waals surface area contributed by atoms with E-state index in [1.165, 1.54) is 6.92 Å². The van der Waals surface area contributed by atoms with Crippen molar-refractivity contribution in [2.24, 2.45) is 5.92 Å². The first-order valence-corrected chi connectivity index (χ1v) is 4.17. The normalized spacial score (nSPS) is 26.7. The van der Waals surface area contributed by atoms with Crippen molar-refractivity contribution in [1.82, 2.24) is 5.32 Å². The van der Waals surface area contributed by atoms with E-state index >= 15 is 0 Å². The van der Waals surface area contributed by atoms with Crippen molar-refractivity contribution >= 4 is 5.91 Å². The van der Waals surface area contributed by atoms with E-state index in [0.717, 1.165) is 0 Å². The number of nitrogens with zero attached hydrogens (tertiary/aromatic N) is 1. The van der Waals surface area contributed by atoms with E-state index in [1.807, 2.05) is 13.0 Å². The maximum absolute atomic E-state index is 10.7. The van der Waals surface area contributed by atoms with E-state index < -0.39 is 0 Å². The van der Waals surface area contributed by atoms with E-state index in [2.05, 4.69) is 5.32 Å². The highest BCUT2D eigenvalue weighted by molar-refractivity contribution is 5.73. The molecule has 1 aliphatic heterocycles. The number of nitrogens with one attached hydrogen (secondary N) is 1. The molecule has 1 aliphatic rings. The molecule has 4 nitrogen and oxygen atoms in total. The van der Waals surface area contributed by atoms with E-state index in [0.29, 0.717) is 6.42 Å². The SMILES string of the molecule is CC(=O)N[C@@H]1C[C@@H](C)C=C(C#N)O1. The van der Waals surface area contributed by atoms with Crippen molar-refractivity contribution in [2.45, 2.75) is 26.5 Å². The molecule has 13 heavy (non-hydrogen) atoms. The van der Waals surface area contributed by atoms with Gasteiger partial charge in [-0.25, -0.2) is 0 Å². The molecular weight excluding hydrogens is 168 g/mol. The maximum Gasteiger partial charge on any atom is 0.219 e. The van der Waals surface area contributed by atoms with Crippen LogP contribution in [0.3, 0.4) is 0 Å². The van der Waals surface area contributed by atoms with Crippen LogP contribution in [-0.2, 0) is 9.53 Å². The number of hydrogen-bond acceptors (Lipinski definition) is 3. The summed E-state index contributed by atoms with van der Waals surface area (Å²) in [5.74, 6) is 0.411. The molecule has 0 aromatic carbocycles. The number of nitriles is 1. The van der Waals surface area contributed by atoms with Crippen LogP contribution in [-0.4, -0.2) is 12.1 Å². The predicted molar refractivity (Wildman–Crippen MR) is 46.2 cm³/mol. The number of rotatable bonds is 1. The second-order valence-electron chi connectivity index (χ2n) is 3.16. The highest BCUT2D eigenvalue weighted by Gasteiger charge is 2.21. The standard InChI is InChI=1S/C9H12N2O2/c1-6-3-8(5-10)13-9(4-6)11-7(2)12/h3,6,9H,4H2,1-2H3,(H,11,12)/t6-,9-/m0/s1. The molecule has 0 saturated carbocycles. The first-order chi connectivity index (χ1) is 6.11. The minimum atomic E-state index is -0.354. The number of ether oxygens (including phenoxy) is 1. The van der Waals surface area contributed by atoms with E-state index in [9.17, 15) is 4.79 Å². The highest BCUT2D eigenvalue weighted by atomic mass is 16.5. The Balaban J connectivity index is 2.60. The van der Waals surface area contributed by atoms with Crippen LogP contribution in [0.2, 0.25) is 0 Å². The van der Waals surface area contributed by atoms with Gasteiger partial charge >= 0.3 is 0 Å². The van der Waals surface area contributed by atoms with Crippen LogP contribution in [0.1, 0.15) is 20.3 Å². The molecule has 1 heterocycles. The number of hydrogen-bond donors (Lipinski definition) is 1. The minimum Gasteiger partial charge on any atom is -0.461 e. The smallest absolute Gasteiger partial charge is 0.219 e. The predicted octanol–water partition coefficient (Wildman–Crippen LogP) is 0.912. The summed E-state index contributed by atoms with van der Waals surface area (Å²) in [5.41, 5.74) is 0. The van der Waals surface area contributed by atoms with Gasteiger partial charge in [-0.2, -0.15) is 5.26 Å². The Morgan fingerprint density at radius 1 is 1.85 bits per heavy atom. The summed E-state index contributed by atoms with van der Waals surface area (Å²) >= 11 is 0. The van der Waals surface area contributed by atoms with Gasteiger partial charge in [-0.15, -0.1) is 0 Å². The van der Waals surface area contributed by atoms with Gasteiger partial charge in [0.25, 0.3) is 0 Å². The highest BCUT2D eigenvalue weighted by Crippen LogP contribution is 2.19. The van der Waals surface area contributed by atoms with Crippen molar-refractivity contribution in [3.8, 4) is 6.07 Å². The van der Waals surface area contributed by atoms with Gasteiger partial charge in [0.15, 0.2) is 12.0 Å². The van der Waals surface area contributed by atoms with E-state index in [1.54, 1.807) is 6.08 Å². The van der Waals surface area contributed by atoms with Crippen LogP contribution in [0.5, 0.6) is 0 Å². The lowest BCUT2D eigenvalue weighted by molar-refractivity contribution is -0.122. The van der Waals surface area contributed by atoms with Gasteiger partial charge in [-0.05, 0) is 12.0 Å². The third kappa shape index (κ3) is 2.79. The van der Waals surface area contributed by atoms with Crippen LogP contribution in [0, 0.1) is 17.2 Å². The van der Waals surface area contributed by atoms with Crippen molar-refractivity contribution in [3.63, 3.8) is 0 Å². The average Bonchev–Trinajstić information content (AvgIpc) is 2.01. The lowest BCUT2D eigenvalue weighted by Gasteiger charge is -2.25. The molecule has 0 unspecified atom stereocenters. The molecule has 0 bridgehead atoms. The van der Waals surface area contributed by atoms with Gasteiger partial charge in [0, 0.05) is 13.3 Å². The van der Waals surface area contributed by atoms with Gasteiger partial charge in [-0.3, -0.25) is 4.79 Å². The third-order valence-corrected chi connectivity index (χ3v) is 1.77. The van der Waals surface area contributed by atoms with Crippen molar-refractivity contribution in [3.05, 3.63) is 11.8 Å². The molecule has 0 spiro atoms. The Morgan fingerprint density at radius 2 is 2.54 bits per heavy atom. The topological polar surface area (TPSA) is 62.1 Å². The number of allylic oxidation sites excluding steroid dienone is 2. The number of amides is 1. The number of carbonyl (C=O) groups excluding carboxylic acids is 1. The van der Waals surface area contributed by atoms with Crippen LogP contribution >= 0.6 is 0 Å². The van der Waals surface area contributed by atoms with Crippen molar-refractivity contribution in [2.75, 3.05) is 0 Å². The zero-order valence-corrected chi connectivity index (χ0v) is 7.70. The molecule has 2 atom stereocenters. The second-order valence-corrected chi connectivity index (χ2v) is 3.16. The Morgan fingerprint density at radius 3 is 3.08 bits per heavy atom. The van der Waals surface area contributed by atoms with Crippen molar-refractivity contribution in [1.29, 1.82) is 5.26 Å². The Bertz CT molecular complexity index is 278. The lowest BCUT2D eigenvalue weighted by Crippen LogP contribution is -2.38.